The number of hydrogen-bond acceptors (Lipinski definition) is 3. The summed E-state index contributed by atoms with van der Waals surface area (Å²) < 4.78 is 5.24. The lowest BCUT2D eigenvalue weighted by Crippen LogP contribution is -2.39. The fraction of sp³-hybridized carbons (Fsp3) is 0.889. The van der Waals surface area contributed by atoms with Crippen molar-refractivity contribution in [3.8, 4) is 0 Å². The number of ketones is 1. The van der Waals surface area contributed by atoms with Gasteiger partial charge in [0.05, 0.1) is 0 Å². The van der Waals surface area contributed by atoms with Crippen molar-refractivity contribution in [3.05, 3.63) is 0 Å². The van der Waals surface area contributed by atoms with E-state index in [4.69, 9.17) is 9.46 Å². The molecule has 0 aromatic heterocycles. The van der Waals surface area contributed by atoms with Crippen LogP contribution >= 0.6 is 0 Å². The summed E-state index contributed by atoms with van der Waals surface area (Å²) in [6, 6.07) is 0. The Morgan fingerprint density at radius 3 is 2.08 bits per heavy atom. The molecule has 0 radical (unpaired) electrons. The van der Waals surface area contributed by atoms with Crippen LogP contribution < -0.4 is 0 Å². The lowest BCUT2D eigenvalue weighted by Gasteiger charge is -2.26. The Balaban J connectivity index is 4.11. The SMILES string of the molecule is CCC(=O)C(C)(C)OO[Si](C)(C)C. The molecular weight excluding hydrogens is 184 g/mol. The van der Waals surface area contributed by atoms with Crippen molar-refractivity contribution in [1.29, 1.82) is 0 Å². The molecule has 0 aliphatic rings. The molecule has 0 saturated heterocycles. The van der Waals surface area contributed by atoms with E-state index in [1.165, 1.54) is 0 Å². The van der Waals surface area contributed by atoms with Gasteiger partial charge in [0.25, 0.3) is 0 Å². The van der Waals surface area contributed by atoms with Crippen molar-refractivity contribution in [2.75, 3.05) is 0 Å². The molecular formula is C9H20O3Si. The zero-order chi connectivity index (χ0) is 10.7. The van der Waals surface area contributed by atoms with E-state index in [1.54, 1.807) is 13.8 Å². The van der Waals surface area contributed by atoms with Crippen molar-refractivity contribution >= 4 is 14.1 Å². The fourth-order valence-electron chi connectivity index (χ4n) is 0.701. The topological polar surface area (TPSA) is 35.5 Å². The predicted octanol–water partition coefficient (Wildman–Crippen LogP) is 2.53. The van der Waals surface area contributed by atoms with Crippen LogP contribution in [0, 0.1) is 0 Å². The molecule has 4 heteroatoms. The van der Waals surface area contributed by atoms with Gasteiger partial charge in [0.2, 0.25) is 8.32 Å². The van der Waals surface area contributed by atoms with Gasteiger partial charge < -0.3 is 0 Å². The maximum Gasteiger partial charge on any atom is 0.230 e. The molecule has 0 bridgehead atoms. The molecule has 0 unspecified atom stereocenters. The average molecular weight is 204 g/mol. The summed E-state index contributed by atoms with van der Waals surface area (Å²) in [5.74, 6) is 0.0609. The third-order valence-electron chi connectivity index (χ3n) is 1.49. The van der Waals surface area contributed by atoms with Crippen molar-refractivity contribution < 1.29 is 14.3 Å². The number of rotatable bonds is 5. The van der Waals surface area contributed by atoms with Crippen LogP contribution in [0.3, 0.4) is 0 Å². The van der Waals surface area contributed by atoms with Gasteiger partial charge in [-0.25, -0.2) is 4.89 Å². The summed E-state index contributed by atoms with van der Waals surface area (Å²) in [6.07, 6.45) is 0.474. The quantitative estimate of drug-likeness (QED) is 0.392. The Bertz CT molecular complexity index is 182. The molecule has 3 nitrogen and oxygen atoms in total. The highest BCUT2D eigenvalue weighted by Crippen LogP contribution is 2.16. The molecule has 0 spiro atoms. The zero-order valence-electron chi connectivity index (χ0n) is 9.43. The smallest absolute Gasteiger partial charge is 0.230 e. The van der Waals surface area contributed by atoms with Crippen molar-refractivity contribution in [1.82, 2.24) is 0 Å². The summed E-state index contributed by atoms with van der Waals surface area (Å²) in [4.78, 5) is 16.5. The molecule has 0 fully saturated rings. The Labute approximate surface area is 81.5 Å². The second-order valence-corrected chi connectivity index (χ2v) is 8.96. The minimum Gasteiger partial charge on any atom is -0.296 e. The number of hydrogen-bond donors (Lipinski definition) is 0. The van der Waals surface area contributed by atoms with E-state index in [2.05, 4.69) is 0 Å². The van der Waals surface area contributed by atoms with Gasteiger partial charge in [-0.15, -0.1) is 0 Å². The molecule has 78 valence electrons. The van der Waals surface area contributed by atoms with E-state index in [9.17, 15) is 4.79 Å². The summed E-state index contributed by atoms with van der Waals surface area (Å²) in [5, 5.41) is 0. The largest absolute Gasteiger partial charge is 0.296 e. The van der Waals surface area contributed by atoms with Gasteiger partial charge in [0, 0.05) is 6.42 Å². The Kier molecular flexibility index (Phi) is 4.28. The number of carbonyl (C=O) groups is 1. The molecule has 0 atom stereocenters. The normalized spacial score (nSPS) is 13.1. The van der Waals surface area contributed by atoms with Crippen molar-refractivity contribution in [2.45, 2.75) is 52.4 Å². The summed E-state index contributed by atoms with van der Waals surface area (Å²) in [6.45, 7) is 11.3. The molecule has 0 amide bonds. The van der Waals surface area contributed by atoms with E-state index in [0.717, 1.165) is 0 Å². The summed E-state index contributed by atoms with van der Waals surface area (Å²) >= 11 is 0. The first-order valence-corrected chi connectivity index (χ1v) is 8.00. The van der Waals surface area contributed by atoms with E-state index >= 15 is 0 Å². The highest BCUT2D eigenvalue weighted by molar-refractivity contribution is 6.69. The maximum atomic E-state index is 11.4. The molecule has 0 rings (SSSR count). The van der Waals surface area contributed by atoms with Gasteiger partial charge >= 0.3 is 0 Å². The van der Waals surface area contributed by atoms with Crippen LogP contribution in [-0.2, 0) is 14.3 Å². The van der Waals surface area contributed by atoms with Crippen molar-refractivity contribution in [3.63, 3.8) is 0 Å². The van der Waals surface area contributed by atoms with Crippen LogP contribution in [0.25, 0.3) is 0 Å². The third kappa shape index (κ3) is 5.18. The van der Waals surface area contributed by atoms with Gasteiger partial charge in [-0.05, 0) is 33.5 Å². The molecule has 0 aliphatic heterocycles. The second-order valence-electron chi connectivity index (χ2n) is 4.57. The fourth-order valence-corrected chi connectivity index (χ4v) is 1.16. The van der Waals surface area contributed by atoms with Gasteiger partial charge in [0.15, 0.2) is 11.4 Å². The first kappa shape index (κ1) is 12.8. The van der Waals surface area contributed by atoms with Gasteiger partial charge in [0.1, 0.15) is 0 Å². The molecule has 0 aliphatic carbocycles. The van der Waals surface area contributed by atoms with Crippen LogP contribution in [0.15, 0.2) is 0 Å². The van der Waals surface area contributed by atoms with Gasteiger partial charge in [-0.2, -0.15) is 0 Å². The monoisotopic (exact) mass is 204 g/mol. The Morgan fingerprint density at radius 2 is 1.77 bits per heavy atom. The maximum absolute atomic E-state index is 11.4. The van der Waals surface area contributed by atoms with Crippen LogP contribution in [0.2, 0.25) is 19.6 Å². The standard InChI is InChI=1S/C9H20O3Si/c1-7-8(10)9(2,3)11-12-13(4,5)6/h7H2,1-6H3. The van der Waals surface area contributed by atoms with Crippen LogP contribution in [0.1, 0.15) is 27.2 Å². The molecule has 0 N–H and O–H groups in total. The lowest BCUT2D eigenvalue weighted by molar-refractivity contribution is -0.280. The van der Waals surface area contributed by atoms with Gasteiger partial charge in [-0.1, -0.05) is 6.92 Å². The predicted molar refractivity (Wildman–Crippen MR) is 54.9 cm³/mol. The van der Waals surface area contributed by atoms with Crippen LogP contribution in [-0.4, -0.2) is 19.7 Å². The number of carbonyl (C=O) groups excluding carboxylic acids is 1. The zero-order valence-corrected chi connectivity index (χ0v) is 10.4. The van der Waals surface area contributed by atoms with E-state index in [0.29, 0.717) is 6.42 Å². The highest BCUT2D eigenvalue weighted by atomic mass is 28.4. The Morgan fingerprint density at radius 1 is 1.31 bits per heavy atom. The van der Waals surface area contributed by atoms with E-state index < -0.39 is 13.9 Å². The molecule has 0 saturated carbocycles. The molecule has 0 aromatic carbocycles. The van der Waals surface area contributed by atoms with E-state index in [1.807, 2.05) is 26.6 Å². The lowest BCUT2D eigenvalue weighted by atomic mass is 10.0. The molecule has 13 heavy (non-hydrogen) atoms. The third-order valence-corrected chi connectivity index (χ3v) is 2.08. The first-order chi connectivity index (χ1) is 5.69. The summed E-state index contributed by atoms with van der Waals surface area (Å²) in [7, 11) is -1.70. The molecule has 0 heterocycles. The minimum absolute atomic E-state index is 0.0609. The second kappa shape index (κ2) is 4.35. The Hall–Kier alpha value is -0.193. The highest BCUT2D eigenvalue weighted by Gasteiger charge is 2.30. The molecule has 0 aromatic rings. The van der Waals surface area contributed by atoms with Gasteiger partial charge in [-0.3, -0.25) is 9.37 Å². The van der Waals surface area contributed by atoms with Crippen LogP contribution in [0.5, 0.6) is 0 Å². The average Bonchev–Trinajstić information content (AvgIpc) is 1.98. The van der Waals surface area contributed by atoms with Crippen molar-refractivity contribution in [2.24, 2.45) is 0 Å². The van der Waals surface area contributed by atoms with E-state index in [-0.39, 0.29) is 5.78 Å². The van der Waals surface area contributed by atoms with Crippen LogP contribution in [0.4, 0.5) is 0 Å². The number of Topliss-reactive ketones (excluding diaryl/α,β-unsaturated/α-hetero) is 1. The first-order valence-electron chi connectivity index (χ1n) is 4.59. The minimum atomic E-state index is -1.70. The summed E-state index contributed by atoms with van der Waals surface area (Å²) in [5.41, 5.74) is -0.810.